The van der Waals surface area contributed by atoms with Gasteiger partial charge in [-0.3, -0.25) is 4.79 Å². The van der Waals surface area contributed by atoms with Crippen molar-refractivity contribution in [3.8, 4) is 0 Å². The standard InChI is InChI=1S/C13H15Cl2NO2/c1-8(2)13(18)6-16(7-13)12(17)9-3-4-10(14)11(15)5-9/h3-5,8,18H,6-7H2,1-2H3. The van der Waals surface area contributed by atoms with Gasteiger partial charge in [-0.1, -0.05) is 37.0 Å². The number of halogens is 2. The average molecular weight is 288 g/mol. The molecular formula is C13H15Cl2NO2. The van der Waals surface area contributed by atoms with E-state index in [0.29, 0.717) is 28.7 Å². The highest BCUT2D eigenvalue weighted by molar-refractivity contribution is 6.42. The van der Waals surface area contributed by atoms with Crippen molar-refractivity contribution in [2.75, 3.05) is 13.1 Å². The first kappa shape index (κ1) is 13.7. The lowest BCUT2D eigenvalue weighted by Gasteiger charge is -2.49. The van der Waals surface area contributed by atoms with Crippen LogP contribution in [0.4, 0.5) is 0 Å². The number of rotatable bonds is 2. The van der Waals surface area contributed by atoms with E-state index in [9.17, 15) is 9.90 Å². The van der Waals surface area contributed by atoms with Crippen LogP contribution in [0.15, 0.2) is 18.2 Å². The van der Waals surface area contributed by atoms with Crippen LogP contribution in [0, 0.1) is 5.92 Å². The van der Waals surface area contributed by atoms with Gasteiger partial charge in [0, 0.05) is 5.56 Å². The largest absolute Gasteiger partial charge is 0.386 e. The molecule has 1 saturated heterocycles. The lowest BCUT2D eigenvalue weighted by molar-refractivity contribution is -0.110. The van der Waals surface area contributed by atoms with Crippen LogP contribution >= 0.6 is 23.2 Å². The molecule has 1 heterocycles. The molecule has 0 radical (unpaired) electrons. The lowest BCUT2D eigenvalue weighted by Crippen LogP contribution is -2.65. The zero-order valence-electron chi connectivity index (χ0n) is 10.3. The van der Waals surface area contributed by atoms with E-state index >= 15 is 0 Å². The summed E-state index contributed by atoms with van der Waals surface area (Å²) in [4.78, 5) is 13.7. The Morgan fingerprint density at radius 1 is 1.33 bits per heavy atom. The minimum atomic E-state index is -0.758. The maximum Gasteiger partial charge on any atom is 0.254 e. The van der Waals surface area contributed by atoms with Crippen LogP contribution < -0.4 is 0 Å². The first-order valence-corrected chi connectivity index (χ1v) is 6.56. The Balaban J connectivity index is 2.08. The molecule has 5 heteroatoms. The summed E-state index contributed by atoms with van der Waals surface area (Å²) in [5.41, 5.74) is -0.262. The first-order valence-electron chi connectivity index (χ1n) is 5.80. The Labute approximate surface area is 116 Å². The molecule has 1 aromatic carbocycles. The number of carbonyl (C=O) groups is 1. The number of amides is 1. The van der Waals surface area contributed by atoms with Crippen LogP contribution in [0.25, 0.3) is 0 Å². The third-order valence-corrected chi connectivity index (χ3v) is 4.20. The van der Waals surface area contributed by atoms with E-state index in [1.165, 1.54) is 0 Å². The zero-order valence-corrected chi connectivity index (χ0v) is 11.8. The molecule has 0 spiro atoms. The first-order chi connectivity index (χ1) is 8.33. The topological polar surface area (TPSA) is 40.5 Å². The van der Waals surface area contributed by atoms with Crippen molar-refractivity contribution in [2.45, 2.75) is 19.4 Å². The molecule has 1 amide bonds. The van der Waals surface area contributed by atoms with E-state index in [0.717, 1.165) is 0 Å². The SMILES string of the molecule is CC(C)C1(O)CN(C(=O)c2ccc(Cl)c(Cl)c2)C1. The number of carbonyl (C=O) groups excluding carboxylic acids is 1. The molecule has 2 rings (SSSR count). The smallest absolute Gasteiger partial charge is 0.254 e. The Morgan fingerprint density at radius 2 is 1.94 bits per heavy atom. The Morgan fingerprint density at radius 3 is 2.44 bits per heavy atom. The van der Waals surface area contributed by atoms with Crippen LogP contribution in [0.1, 0.15) is 24.2 Å². The maximum absolute atomic E-state index is 12.1. The number of hydrogen-bond donors (Lipinski definition) is 1. The number of likely N-dealkylation sites (tertiary alicyclic amines) is 1. The number of nitrogens with zero attached hydrogens (tertiary/aromatic N) is 1. The molecule has 0 unspecified atom stereocenters. The summed E-state index contributed by atoms with van der Waals surface area (Å²) >= 11 is 11.7. The van der Waals surface area contributed by atoms with E-state index in [2.05, 4.69) is 0 Å². The molecule has 0 bridgehead atoms. The van der Waals surface area contributed by atoms with Gasteiger partial charge in [0.05, 0.1) is 23.1 Å². The maximum atomic E-state index is 12.1. The fraction of sp³-hybridized carbons (Fsp3) is 0.462. The summed E-state index contributed by atoms with van der Waals surface area (Å²) in [6, 6.07) is 4.80. The fourth-order valence-electron chi connectivity index (χ4n) is 1.94. The van der Waals surface area contributed by atoms with Crippen molar-refractivity contribution in [3.05, 3.63) is 33.8 Å². The molecule has 98 valence electrons. The zero-order chi connectivity index (χ0) is 13.5. The molecule has 0 aliphatic carbocycles. The molecule has 0 atom stereocenters. The molecular weight excluding hydrogens is 273 g/mol. The molecule has 1 aliphatic heterocycles. The lowest BCUT2D eigenvalue weighted by atomic mass is 9.82. The average Bonchev–Trinajstić information content (AvgIpc) is 2.27. The molecule has 18 heavy (non-hydrogen) atoms. The summed E-state index contributed by atoms with van der Waals surface area (Å²) < 4.78 is 0. The monoisotopic (exact) mass is 287 g/mol. The fourth-order valence-corrected chi connectivity index (χ4v) is 2.23. The minimum Gasteiger partial charge on any atom is -0.386 e. The van der Waals surface area contributed by atoms with Crippen molar-refractivity contribution >= 4 is 29.1 Å². The van der Waals surface area contributed by atoms with E-state index in [4.69, 9.17) is 23.2 Å². The predicted molar refractivity (Wildman–Crippen MR) is 72.2 cm³/mol. The highest BCUT2D eigenvalue weighted by Gasteiger charge is 2.45. The molecule has 0 saturated carbocycles. The van der Waals surface area contributed by atoms with Gasteiger partial charge in [-0.15, -0.1) is 0 Å². The van der Waals surface area contributed by atoms with Crippen molar-refractivity contribution < 1.29 is 9.90 Å². The van der Waals surface area contributed by atoms with Gasteiger partial charge in [0.25, 0.3) is 5.91 Å². The summed E-state index contributed by atoms with van der Waals surface area (Å²) in [5, 5.41) is 10.9. The highest BCUT2D eigenvalue weighted by Crippen LogP contribution is 2.30. The van der Waals surface area contributed by atoms with Crippen LogP contribution in [0.5, 0.6) is 0 Å². The molecule has 3 nitrogen and oxygen atoms in total. The van der Waals surface area contributed by atoms with Gasteiger partial charge in [-0.05, 0) is 24.1 Å². The third-order valence-electron chi connectivity index (χ3n) is 3.46. The third kappa shape index (κ3) is 2.35. The number of hydrogen-bond acceptors (Lipinski definition) is 2. The summed E-state index contributed by atoms with van der Waals surface area (Å²) in [5.74, 6) is 0.00856. The summed E-state index contributed by atoms with van der Waals surface area (Å²) in [6.07, 6.45) is 0. The second-order valence-corrected chi connectivity index (χ2v) is 5.86. The second-order valence-electron chi connectivity index (χ2n) is 5.05. The van der Waals surface area contributed by atoms with E-state index in [1.807, 2.05) is 13.8 Å². The summed E-state index contributed by atoms with van der Waals surface area (Å²) in [7, 11) is 0. The second kappa shape index (κ2) is 4.72. The number of β-amino-alcohol motifs (C(OH)–C–C–N with tert-alkyl or cyclic N) is 1. The number of aliphatic hydroxyl groups is 1. The molecule has 1 aromatic rings. The number of benzene rings is 1. The van der Waals surface area contributed by atoms with Gasteiger partial charge in [0.1, 0.15) is 5.60 Å². The van der Waals surface area contributed by atoms with Gasteiger partial charge in [-0.25, -0.2) is 0 Å². The van der Waals surface area contributed by atoms with Gasteiger partial charge < -0.3 is 10.0 Å². The summed E-state index contributed by atoms with van der Waals surface area (Å²) in [6.45, 7) is 4.62. The van der Waals surface area contributed by atoms with Crippen LogP contribution in [0.3, 0.4) is 0 Å². The van der Waals surface area contributed by atoms with E-state index in [-0.39, 0.29) is 11.8 Å². The Bertz CT molecular complexity index is 482. The van der Waals surface area contributed by atoms with E-state index < -0.39 is 5.60 Å². The molecule has 1 fully saturated rings. The van der Waals surface area contributed by atoms with Crippen molar-refractivity contribution in [1.29, 1.82) is 0 Å². The molecule has 1 N–H and O–H groups in total. The van der Waals surface area contributed by atoms with Crippen molar-refractivity contribution in [3.63, 3.8) is 0 Å². The van der Waals surface area contributed by atoms with Crippen LogP contribution in [0.2, 0.25) is 10.0 Å². The van der Waals surface area contributed by atoms with Crippen molar-refractivity contribution in [1.82, 2.24) is 4.90 Å². The normalized spacial score (nSPS) is 17.8. The van der Waals surface area contributed by atoms with Gasteiger partial charge in [0.15, 0.2) is 0 Å². The predicted octanol–water partition coefficient (Wildman–Crippen LogP) is 2.84. The Hall–Kier alpha value is -0.770. The van der Waals surface area contributed by atoms with Gasteiger partial charge >= 0.3 is 0 Å². The quantitative estimate of drug-likeness (QED) is 0.909. The molecule has 1 aliphatic rings. The van der Waals surface area contributed by atoms with Crippen LogP contribution in [-0.4, -0.2) is 34.6 Å². The van der Waals surface area contributed by atoms with Gasteiger partial charge in [-0.2, -0.15) is 0 Å². The molecule has 0 aromatic heterocycles. The van der Waals surface area contributed by atoms with Crippen LogP contribution in [-0.2, 0) is 0 Å². The van der Waals surface area contributed by atoms with Gasteiger partial charge in [0.2, 0.25) is 0 Å². The van der Waals surface area contributed by atoms with E-state index in [1.54, 1.807) is 23.1 Å². The highest BCUT2D eigenvalue weighted by atomic mass is 35.5. The Kier molecular flexibility index (Phi) is 3.58. The van der Waals surface area contributed by atoms with Crippen molar-refractivity contribution in [2.24, 2.45) is 5.92 Å². The minimum absolute atomic E-state index is 0.126.